The lowest BCUT2D eigenvalue weighted by Crippen LogP contribution is -2.31. The molecule has 1 aliphatic carbocycles. The van der Waals surface area contributed by atoms with Crippen LogP contribution in [0.1, 0.15) is 32.1 Å². The number of aliphatic hydroxyl groups excluding tert-OH is 2. The van der Waals surface area contributed by atoms with E-state index in [9.17, 15) is 4.79 Å². The molecule has 3 N–H and O–H groups in total. The summed E-state index contributed by atoms with van der Waals surface area (Å²) >= 11 is 0. The largest absolute Gasteiger partial charge is 0.481 e. The molecule has 0 aliphatic heterocycles. The second-order valence-electron chi connectivity index (χ2n) is 4.57. The fourth-order valence-corrected chi connectivity index (χ4v) is 2.79. The van der Waals surface area contributed by atoms with Crippen molar-refractivity contribution in [1.29, 1.82) is 0 Å². The van der Waals surface area contributed by atoms with E-state index < -0.39 is 5.97 Å². The molecule has 1 radical (unpaired) electrons. The van der Waals surface area contributed by atoms with Gasteiger partial charge in [0.1, 0.15) is 0 Å². The van der Waals surface area contributed by atoms with Crippen LogP contribution < -0.4 is 0 Å². The maximum Gasteiger partial charge on any atom is 0.303 e. The Hall–Kier alpha value is -0.610. The quantitative estimate of drug-likeness (QED) is 0.636. The second kappa shape index (κ2) is 6.86. The Kier molecular flexibility index (Phi) is 5.77. The summed E-state index contributed by atoms with van der Waals surface area (Å²) in [7, 11) is 0. The first-order chi connectivity index (χ1) is 7.69. The van der Waals surface area contributed by atoms with Crippen molar-refractivity contribution < 1.29 is 20.1 Å². The molecule has 0 saturated heterocycles. The Morgan fingerprint density at radius 2 is 1.62 bits per heavy atom. The summed E-state index contributed by atoms with van der Waals surface area (Å²) in [5.41, 5.74) is 0. The molecule has 0 aromatic carbocycles. The van der Waals surface area contributed by atoms with Crippen LogP contribution in [0.4, 0.5) is 0 Å². The lowest BCUT2D eigenvalue weighted by molar-refractivity contribution is -0.139. The van der Waals surface area contributed by atoms with Gasteiger partial charge in [-0.05, 0) is 49.9 Å². The number of hydrogen-bond acceptors (Lipinski definition) is 3. The summed E-state index contributed by atoms with van der Waals surface area (Å²) in [6.45, 7) is 0.223. The van der Waals surface area contributed by atoms with Gasteiger partial charge >= 0.3 is 5.97 Å². The molecular weight excluding hydrogens is 208 g/mol. The average molecular weight is 229 g/mol. The van der Waals surface area contributed by atoms with E-state index in [1.807, 2.05) is 0 Å². The number of rotatable bonds is 6. The van der Waals surface area contributed by atoms with Gasteiger partial charge in [0.05, 0.1) is 0 Å². The standard InChI is InChI=1S/C12H21O4/c13-6-4-9-2-1-3-10(5-7-14)11(9)8-12(15)16/h1,9-11,13-14H,2-8H2,(H,15,16). The molecule has 4 nitrogen and oxygen atoms in total. The first kappa shape index (κ1) is 13.5. The number of aliphatic carboxylic acids is 1. The summed E-state index contributed by atoms with van der Waals surface area (Å²) in [5, 5.41) is 26.9. The Bertz CT molecular complexity index is 199. The number of aliphatic hydroxyl groups is 2. The number of hydrogen-bond donors (Lipinski definition) is 3. The Labute approximate surface area is 96.3 Å². The highest BCUT2D eigenvalue weighted by Crippen LogP contribution is 2.39. The molecule has 0 aromatic heterocycles. The van der Waals surface area contributed by atoms with Crippen LogP contribution in [-0.2, 0) is 4.79 Å². The van der Waals surface area contributed by atoms with Crippen molar-refractivity contribution >= 4 is 5.97 Å². The van der Waals surface area contributed by atoms with Crippen molar-refractivity contribution in [3.63, 3.8) is 0 Å². The van der Waals surface area contributed by atoms with Gasteiger partial charge in [-0.2, -0.15) is 0 Å². The topological polar surface area (TPSA) is 77.8 Å². The summed E-state index contributed by atoms with van der Waals surface area (Å²) in [6, 6.07) is 0. The molecule has 0 heterocycles. The molecule has 0 amide bonds. The summed E-state index contributed by atoms with van der Waals surface area (Å²) in [4.78, 5) is 10.8. The van der Waals surface area contributed by atoms with Crippen molar-refractivity contribution in [3.8, 4) is 0 Å². The molecule has 0 spiro atoms. The zero-order valence-corrected chi connectivity index (χ0v) is 9.51. The van der Waals surface area contributed by atoms with Crippen LogP contribution in [0, 0.1) is 24.2 Å². The minimum atomic E-state index is -0.780. The van der Waals surface area contributed by atoms with Gasteiger partial charge < -0.3 is 15.3 Å². The van der Waals surface area contributed by atoms with Gasteiger partial charge in [0.2, 0.25) is 0 Å². The third-order valence-corrected chi connectivity index (χ3v) is 3.56. The zero-order valence-electron chi connectivity index (χ0n) is 9.51. The van der Waals surface area contributed by atoms with E-state index in [0.717, 1.165) is 12.8 Å². The number of carboxylic acids is 1. The molecule has 4 heteroatoms. The predicted octanol–water partition coefficient (Wildman–Crippen LogP) is 1.07. The maximum atomic E-state index is 10.8. The molecule has 16 heavy (non-hydrogen) atoms. The highest BCUT2D eigenvalue weighted by molar-refractivity contribution is 5.67. The summed E-state index contributed by atoms with van der Waals surface area (Å²) in [6.07, 6.45) is 5.43. The molecular formula is C12H21O4. The first-order valence-corrected chi connectivity index (χ1v) is 5.94. The molecule has 1 rings (SSSR count). The SMILES string of the molecule is O=C(O)CC1C(CCO)C[CH]CC1CCO. The van der Waals surface area contributed by atoms with Crippen LogP contribution in [0.5, 0.6) is 0 Å². The van der Waals surface area contributed by atoms with Crippen molar-refractivity contribution in [2.24, 2.45) is 17.8 Å². The minimum Gasteiger partial charge on any atom is -0.481 e. The monoisotopic (exact) mass is 229 g/mol. The lowest BCUT2D eigenvalue weighted by atomic mass is 9.68. The lowest BCUT2D eigenvalue weighted by Gasteiger charge is -2.37. The van der Waals surface area contributed by atoms with E-state index in [0.29, 0.717) is 12.8 Å². The van der Waals surface area contributed by atoms with Gasteiger partial charge in [0.25, 0.3) is 0 Å². The smallest absolute Gasteiger partial charge is 0.303 e. The van der Waals surface area contributed by atoms with E-state index in [1.165, 1.54) is 0 Å². The highest BCUT2D eigenvalue weighted by Gasteiger charge is 2.33. The third kappa shape index (κ3) is 3.76. The van der Waals surface area contributed by atoms with E-state index in [2.05, 4.69) is 6.42 Å². The second-order valence-corrected chi connectivity index (χ2v) is 4.57. The van der Waals surface area contributed by atoms with Gasteiger partial charge in [-0.3, -0.25) is 4.79 Å². The van der Waals surface area contributed by atoms with Crippen molar-refractivity contribution in [2.45, 2.75) is 32.1 Å². The van der Waals surface area contributed by atoms with E-state index in [1.54, 1.807) is 0 Å². The van der Waals surface area contributed by atoms with E-state index in [-0.39, 0.29) is 37.4 Å². The van der Waals surface area contributed by atoms with Crippen LogP contribution in [0.2, 0.25) is 0 Å². The van der Waals surface area contributed by atoms with Gasteiger partial charge in [0.15, 0.2) is 0 Å². The van der Waals surface area contributed by atoms with Gasteiger partial charge in [-0.15, -0.1) is 0 Å². The fourth-order valence-electron chi connectivity index (χ4n) is 2.79. The molecule has 0 aromatic rings. The molecule has 1 fully saturated rings. The van der Waals surface area contributed by atoms with Crippen LogP contribution in [0.25, 0.3) is 0 Å². The number of carbonyl (C=O) groups is 1. The van der Waals surface area contributed by atoms with E-state index in [4.69, 9.17) is 15.3 Å². The van der Waals surface area contributed by atoms with Gasteiger partial charge in [-0.25, -0.2) is 0 Å². The molecule has 1 aliphatic rings. The summed E-state index contributed by atoms with van der Waals surface area (Å²) in [5.74, 6) is -0.169. The van der Waals surface area contributed by atoms with Crippen molar-refractivity contribution in [3.05, 3.63) is 6.42 Å². The Morgan fingerprint density at radius 1 is 1.12 bits per heavy atom. The Balaban J connectivity index is 2.63. The normalized spacial score (nSPS) is 30.2. The van der Waals surface area contributed by atoms with Crippen LogP contribution in [0.3, 0.4) is 0 Å². The van der Waals surface area contributed by atoms with Crippen LogP contribution >= 0.6 is 0 Å². The Morgan fingerprint density at radius 3 is 2.00 bits per heavy atom. The van der Waals surface area contributed by atoms with Crippen molar-refractivity contribution in [1.82, 2.24) is 0 Å². The molecule has 0 bridgehead atoms. The highest BCUT2D eigenvalue weighted by atomic mass is 16.4. The number of carboxylic acid groups (broad SMARTS) is 1. The molecule has 2 unspecified atom stereocenters. The average Bonchev–Trinajstić information content (AvgIpc) is 2.23. The van der Waals surface area contributed by atoms with Gasteiger partial charge in [-0.1, -0.05) is 0 Å². The summed E-state index contributed by atoms with van der Waals surface area (Å²) < 4.78 is 0. The first-order valence-electron chi connectivity index (χ1n) is 5.94. The third-order valence-electron chi connectivity index (χ3n) is 3.56. The van der Waals surface area contributed by atoms with E-state index >= 15 is 0 Å². The maximum absolute atomic E-state index is 10.8. The van der Waals surface area contributed by atoms with Crippen LogP contribution in [0.15, 0.2) is 0 Å². The fraction of sp³-hybridized carbons (Fsp3) is 0.833. The van der Waals surface area contributed by atoms with Crippen LogP contribution in [-0.4, -0.2) is 34.5 Å². The van der Waals surface area contributed by atoms with Crippen molar-refractivity contribution in [2.75, 3.05) is 13.2 Å². The zero-order chi connectivity index (χ0) is 12.0. The molecule has 2 atom stereocenters. The molecule has 93 valence electrons. The van der Waals surface area contributed by atoms with Gasteiger partial charge in [0, 0.05) is 19.6 Å². The minimum absolute atomic E-state index is 0.0989. The molecule has 1 saturated carbocycles. The predicted molar refractivity (Wildman–Crippen MR) is 59.7 cm³/mol.